The SMILES string of the molecule is NC(=S)NCCC1CCN(Cc2ccccc2)CC1. The first-order valence-electron chi connectivity index (χ1n) is 7.03. The average Bonchev–Trinajstić information content (AvgIpc) is 2.42. The van der Waals surface area contributed by atoms with Crippen LogP contribution < -0.4 is 11.1 Å². The maximum Gasteiger partial charge on any atom is 0.163 e. The molecule has 4 heteroatoms. The van der Waals surface area contributed by atoms with Crippen LogP contribution in [0.3, 0.4) is 0 Å². The molecule has 0 bridgehead atoms. The molecule has 2 rings (SSSR count). The molecule has 0 atom stereocenters. The average molecular weight is 277 g/mol. The predicted molar refractivity (Wildman–Crippen MR) is 83.8 cm³/mol. The Hall–Kier alpha value is -1.13. The highest BCUT2D eigenvalue weighted by molar-refractivity contribution is 7.80. The minimum atomic E-state index is 0.418. The third kappa shape index (κ3) is 5.17. The standard InChI is InChI=1S/C15H23N3S/c16-15(19)17-9-6-13-7-10-18(11-8-13)12-14-4-2-1-3-5-14/h1-5,13H,6-12H2,(H3,16,17,19). The van der Waals surface area contributed by atoms with Crippen molar-refractivity contribution < 1.29 is 0 Å². The largest absolute Gasteiger partial charge is 0.376 e. The van der Waals surface area contributed by atoms with Gasteiger partial charge in [-0.25, -0.2) is 0 Å². The number of nitrogens with zero attached hydrogens (tertiary/aromatic N) is 1. The molecule has 1 fully saturated rings. The van der Waals surface area contributed by atoms with Crippen LogP contribution in [0.15, 0.2) is 30.3 Å². The molecule has 19 heavy (non-hydrogen) atoms. The van der Waals surface area contributed by atoms with E-state index >= 15 is 0 Å². The van der Waals surface area contributed by atoms with Crippen molar-refractivity contribution >= 4 is 17.3 Å². The van der Waals surface area contributed by atoms with Crippen LogP contribution in [0.25, 0.3) is 0 Å². The molecule has 0 unspecified atom stereocenters. The minimum Gasteiger partial charge on any atom is -0.376 e. The number of thiocarbonyl (C=S) groups is 1. The first-order valence-corrected chi connectivity index (χ1v) is 7.44. The Morgan fingerprint density at radius 3 is 2.58 bits per heavy atom. The minimum absolute atomic E-state index is 0.418. The molecule has 0 spiro atoms. The Kier molecular flexibility index (Phi) is 5.61. The molecule has 0 aromatic heterocycles. The van der Waals surface area contributed by atoms with Gasteiger partial charge in [0.2, 0.25) is 0 Å². The summed E-state index contributed by atoms with van der Waals surface area (Å²) in [7, 11) is 0. The topological polar surface area (TPSA) is 41.3 Å². The van der Waals surface area contributed by atoms with Crippen LogP contribution in [0, 0.1) is 5.92 Å². The Morgan fingerprint density at radius 2 is 1.95 bits per heavy atom. The van der Waals surface area contributed by atoms with E-state index in [0.717, 1.165) is 19.0 Å². The van der Waals surface area contributed by atoms with Crippen LogP contribution in [0.5, 0.6) is 0 Å². The normalized spacial score (nSPS) is 17.3. The first-order chi connectivity index (χ1) is 9.24. The van der Waals surface area contributed by atoms with Crippen LogP contribution in [0.4, 0.5) is 0 Å². The zero-order valence-corrected chi connectivity index (χ0v) is 12.2. The Bertz CT molecular complexity index is 386. The van der Waals surface area contributed by atoms with E-state index in [9.17, 15) is 0 Å². The van der Waals surface area contributed by atoms with Gasteiger partial charge in [-0.3, -0.25) is 4.90 Å². The number of rotatable bonds is 5. The Balaban J connectivity index is 1.66. The molecule has 1 saturated heterocycles. The van der Waals surface area contributed by atoms with Crippen LogP contribution in [-0.2, 0) is 6.54 Å². The number of likely N-dealkylation sites (tertiary alicyclic amines) is 1. The lowest BCUT2D eigenvalue weighted by molar-refractivity contribution is 0.173. The smallest absolute Gasteiger partial charge is 0.163 e. The second-order valence-electron chi connectivity index (χ2n) is 5.28. The highest BCUT2D eigenvalue weighted by atomic mass is 32.1. The molecule has 104 valence electrons. The molecular formula is C15H23N3S. The first kappa shape index (κ1) is 14.3. The maximum atomic E-state index is 5.43. The summed E-state index contributed by atoms with van der Waals surface area (Å²) in [5.41, 5.74) is 6.84. The summed E-state index contributed by atoms with van der Waals surface area (Å²) < 4.78 is 0. The molecule has 0 amide bonds. The number of nitrogens with two attached hydrogens (primary N) is 1. The fourth-order valence-electron chi connectivity index (χ4n) is 2.67. The molecule has 1 aliphatic heterocycles. The van der Waals surface area contributed by atoms with Gasteiger partial charge in [0.05, 0.1) is 0 Å². The summed E-state index contributed by atoms with van der Waals surface area (Å²) in [5.74, 6) is 0.814. The van der Waals surface area contributed by atoms with Gasteiger partial charge in [-0.05, 0) is 56.1 Å². The highest BCUT2D eigenvalue weighted by Crippen LogP contribution is 2.21. The molecule has 3 nitrogen and oxygen atoms in total. The lowest BCUT2D eigenvalue weighted by Gasteiger charge is -2.32. The molecular weight excluding hydrogens is 254 g/mol. The second-order valence-corrected chi connectivity index (χ2v) is 5.72. The lowest BCUT2D eigenvalue weighted by atomic mass is 9.93. The van der Waals surface area contributed by atoms with Crippen LogP contribution in [0.2, 0.25) is 0 Å². The lowest BCUT2D eigenvalue weighted by Crippen LogP contribution is -2.35. The summed E-state index contributed by atoms with van der Waals surface area (Å²) in [6.07, 6.45) is 3.74. The van der Waals surface area contributed by atoms with Gasteiger partial charge in [-0.2, -0.15) is 0 Å². The molecule has 3 N–H and O–H groups in total. The van der Waals surface area contributed by atoms with Gasteiger partial charge >= 0.3 is 0 Å². The third-order valence-electron chi connectivity index (χ3n) is 3.81. The van der Waals surface area contributed by atoms with Crippen LogP contribution >= 0.6 is 12.2 Å². The van der Waals surface area contributed by atoms with Gasteiger partial charge in [0.15, 0.2) is 5.11 Å². The van der Waals surface area contributed by atoms with E-state index in [0.29, 0.717) is 5.11 Å². The van der Waals surface area contributed by atoms with Crippen molar-refractivity contribution in [1.82, 2.24) is 10.2 Å². The zero-order chi connectivity index (χ0) is 13.5. The van der Waals surface area contributed by atoms with E-state index in [2.05, 4.69) is 40.5 Å². The Labute approximate surface area is 121 Å². The van der Waals surface area contributed by atoms with Crippen molar-refractivity contribution in [3.8, 4) is 0 Å². The summed E-state index contributed by atoms with van der Waals surface area (Å²) in [4.78, 5) is 2.55. The number of nitrogens with one attached hydrogen (secondary N) is 1. The molecule has 1 aromatic rings. The number of hydrogen-bond acceptors (Lipinski definition) is 2. The van der Waals surface area contributed by atoms with Crippen molar-refractivity contribution in [2.75, 3.05) is 19.6 Å². The number of benzene rings is 1. The van der Waals surface area contributed by atoms with E-state index < -0.39 is 0 Å². The van der Waals surface area contributed by atoms with Gasteiger partial charge in [0.1, 0.15) is 0 Å². The molecule has 1 heterocycles. The van der Waals surface area contributed by atoms with E-state index in [-0.39, 0.29) is 0 Å². The summed E-state index contributed by atoms with van der Waals surface area (Å²) in [6, 6.07) is 10.7. The number of piperidine rings is 1. The van der Waals surface area contributed by atoms with Gasteiger partial charge < -0.3 is 11.1 Å². The quantitative estimate of drug-likeness (QED) is 0.809. The third-order valence-corrected chi connectivity index (χ3v) is 3.95. The molecule has 0 aliphatic carbocycles. The van der Waals surface area contributed by atoms with E-state index in [4.69, 9.17) is 18.0 Å². The van der Waals surface area contributed by atoms with Crippen LogP contribution in [-0.4, -0.2) is 29.6 Å². The maximum absolute atomic E-state index is 5.43. The monoisotopic (exact) mass is 277 g/mol. The molecule has 0 radical (unpaired) electrons. The molecule has 1 aliphatic rings. The van der Waals surface area contributed by atoms with Gasteiger partial charge in [0.25, 0.3) is 0 Å². The fraction of sp³-hybridized carbons (Fsp3) is 0.533. The second kappa shape index (κ2) is 7.46. The van der Waals surface area contributed by atoms with E-state index in [1.807, 2.05) is 0 Å². The summed E-state index contributed by atoms with van der Waals surface area (Å²) >= 11 is 4.81. The predicted octanol–water partition coefficient (Wildman–Crippen LogP) is 2.12. The summed E-state index contributed by atoms with van der Waals surface area (Å²) in [5, 5.41) is 3.46. The number of hydrogen-bond donors (Lipinski definition) is 2. The van der Waals surface area contributed by atoms with E-state index in [1.165, 1.54) is 37.9 Å². The summed E-state index contributed by atoms with van der Waals surface area (Å²) in [6.45, 7) is 4.40. The zero-order valence-electron chi connectivity index (χ0n) is 11.3. The van der Waals surface area contributed by atoms with Crippen molar-refractivity contribution in [2.45, 2.75) is 25.8 Å². The van der Waals surface area contributed by atoms with Crippen LogP contribution in [0.1, 0.15) is 24.8 Å². The highest BCUT2D eigenvalue weighted by Gasteiger charge is 2.18. The Morgan fingerprint density at radius 1 is 1.26 bits per heavy atom. The van der Waals surface area contributed by atoms with E-state index in [1.54, 1.807) is 0 Å². The van der Waals surface area contributed by atoms with Crippen molar-refractivity contribution in [3.63, 3.8) is 0 Å². The fourth-order valence-corrected chi connectivity index (χ4v) is 2.78. The van der Waals surface area contributed by atoms with Gasteiger partial charge in [-0.1, -0.05) is 30.3 Å². The van der Waals surface area contributed by atoms with Crippen molar-refractivity contribution in [1.29, 1.82) is 0 Å². The van der Waals surface area contributed by atoms with Gasteiger partial charge in [0, 0.05) is 13.1 Å². The molecule has 1 aromatic carbocycles. The molecule has 0 saturated carbocycles. The van der Waals surface area contributed by atoms with Gasteiger partial charge in [-0.15, -0.1) is 0 Å². The van der Waals surface area contributed by atoms with Crippen molar-refractivity contribution in [3.05, 3.63) is 35.9 Å². The van der Waals surface area contributed by atoms with Crippen molar-refractivity contribution in [2.24, 2.45) is 11.7 Å².